The van der Waals surface area contributed by atoms with Gasteiger partial charge in [-0.2, -0.15) is 0 Å². The Labute approximate surface area is 265 Å². The van der Waals surface area contributed by atoms with E-state index in [1.54, 1.807) is 35.2 Å². The number of aromatic nitrogens is 1. The van der Waals surface area contributed by atoms with Gasteiger partial charge < -0.3 is 21.3 Å². The summed E-state index contributed by atoms with van der Waals surface area (Å²) in [5.41, 5.74) is 6.08. The summed E-state index contributed by atoms with van der Waals surface area (Å²) < 4.78 is 1.80. The van der Waals surface area contributed by atoms with Gasteiger partial charge >= 0.3 is 11.9 Å². The predicted octanol–water partition coefficient (Wildman–Crippen LogP) is 3.34. The van der Waals surface area contributed by atoms with Crippen LogP contribution in [0.3, 0.4) is 0 Å². The van der Waals surface area contributed by atoms with Gasteiger partial charge in [-0.15, -0.1) is 35.3 Å². The molecule has 2 aliphatic rings. The lowest BCUT2D eigenvalue weighted by Gasteiger charge is -2.49. The van der Waals surface area contributed by atoms with Gasteiger partial charge in [0.25, 0.3) is 5.91 Å². The van der Waals surface area contributed by atoms with Crippen molar-refractivity contribution in [2.24, 2.45) is 11.7 Å². The number of hydrogen-bond acceptors (Lipinski definition) is 8. The van der Waals surface area contributed by atoms with Gasteiger partial charge in [-0.05, 0) is 43.2 Å². The van der Waals surface area contributed by atoms with E-state index in [1.165, 1.54) is 40.2 Å². The van der Waals surface area contributed by atoms with Gasteiger partial charge in [0.15, 0.2) is 18.9 Å². The number of halogens is 2. The summed E-state index contributed by atoms with van der Waals surface area (Å²) in [6, 6.07) is 7.83. The average Bonchev–Trinajstić information content (AvgIpc) is 2.97. The molecule has 0 unspecified atom stereocenters. The number of nitrogens with one attached hydrogen (secondary N) is 1. The molecule has 42 heavy (non-hydrogen) atoms. The van der Waals surface area contributed by atoms with E-state index in [9.17, 15) is 29.4 Å². The molecule has 0 aliphatic carbocycles. The van der Waals surface area contributed by atoms with E-state index in [4.69, 9.17) is 28.9 Å². The number of nitrogens with two attached hydrogens (primary N) is 1. The number of benzene rings is 1. The Morgan fingerprint density at radius 1 is 1.17 bits per heavy atom. The van der Waals surface area contributed by atoms with Crippen molar-refractivity contribution < 1.29 is 34.0 Å². The number of thioether (sulfide) groups is 3. The van der Waals surface area contributed by atoms with E-state index in [-0.39, 0.29) is 17.4 Å². The molecule has 5 N–H and O–H groups in total. The number of carboxylic acids is 2. The molecule has 1 aromatic carbocycles. The molecule has 0 spiro atoms. The maximum atomic E-state index is 13.0. The number of β-lactam (4-membered cyclic amide) rings is 1. The minimum absolute atomic E-state index is 0.0203. The third kappa shape index (κ3) is 7.94. The number of fused-ring (bicyclic) bond motifs is 1. The van der Waals surface area contributed by atoms with Gasteiger partial charge in [0.1, 0.15) is 23.0 Å². The first kappa shape index (κ1) is 32.5. The van der Waals surface area contributed by atoms with Crippen LogP contribution in [0.4, 0.5) is 0 Å². The van der Waals surface area contributed by atoms with Crippen LogP contribution in [0.2, 0.25) is 10.0 Å². The number of carboxylic acid groups (broad SMARTS) is 2. The summed E-state index contributed by atoms with van der Waals surface area (Å²) in [6.45, 7) is 0.768. The minimum atomic E-state index is -1.19. The van der Waals surface area contributed by atoms with Crippen molar-refractivity contribution >= 4 is 82.2 Å². The zero-order valence-corrected chi connectivity index (χ0v) is 26.2. The zero-order chi connectivity index (χ0) is 30.4. The number of pyridine rings is 1. The van der Waals surface area contributed by atoms with Gasteiger partial charge in [-0.25, -0.2) is 9.36 Å². The molecule has 0 radical (unpaired) electrons. The Morgan fingerprint density at radius 3 is 2.57 bits per heavy atom. The van der Waals surface area contributed by atoms with Crippen LogP contribution in [0.5, 0.6) is 0 Å². The topological polar surface area (TPSA) is 154 Å². The molecule has 3 heterocycles. The zero-order valence-electron chi connectivity index (χ0n) is 22.2. The van der Waals surface area contributed by atoms with E-state index in [1.807, 2.05) is 12.1 Å². The fraction of sp³-hybridized carbons (Fsp3) is 0.370. The van der Waals surface area contributed by atoms with E-state index in [2.05, 4.69) is 5.32 Å². The summed E-state index contributed by atoms with van der Waals surface area (Å²) in [4.78, 5) is 52.0. The van der Waals surface area contributed by atoms with Gasteiger partial charge in [0.05, 0.1) is 10.8 Å². The van der Waals surface area contributed by atoms with Crippen LogP contribution in [-0.2, 0) is 25.7 Å². The number of hydrogen-bond donors (Lipinski definition) is 4. The lowest BCUT2D eigenvalue weighted by molar-refractivity contribution is -0.701. The van der Waals surface area contributed by atoms with Crippen LogP contribution >= 0.6 is 58.5 Å². The maximum absolute atomic E-state index is 13.0. The Bertz CT molecular complexity index is 1390. The first-order chi connectivity index (χ1) is 20.1. The smallest absolute Gasteiger partial charge is 0.352 e. The van der Waals surface area contributed by atoms with Crippen molar-refractivity contribution in [2.45, 2.75) is 40.6 Å². The molecule has 2 aromatic rings. The van der Waals surface area contributed by atoms with Crippen molar-refractivity contribution in [3.05, 3.63) is 64.0 Å². The molecule has 0 bridgehead atoms. The molecule has 0 saturated carbocycles. The average molecular weight is 673 g/mol. The highest BCUT2D eigenvalue weighted by atomic mass is 35.5. The van der Waals surface area contributed by atoms with Crippen LogP contribution in [0.1, 0.15) is 12.8 Å². The molecule has 2 amide bonds. The molecule has 2 aliphatic heterocycles. The van der Waals surface area contributed by atoms with Crippen molar-refractivity contribution in [1.82, 2.24) is 10.2 Å². The molecule has 10 nitrogen and oxygen atoms in total. The van der Waals surface area contributed by atoms with Crippen LogP contribution in [0.25, 0.3) is 0 Å². The largest absolute Gasteiger partial charge is 0.481 e. The summed E-state index contributed by atoms with van der Waals surface area (Å²) in [7, 11) is 0. The molecule has 224 valence electrons. The quantitative estimate of drug-likeness (QED) is 0.134. The van der Waals surface area contributed by atoms with Crippen LogP contribution in [0, 0.1) is 5.92 Å². The van der Waals surface area contributed by atoms with Gasteiger partial charge in [0, 0.05) is 38.5 Å². The molecule has 15 heteroatoms. The summed E-state index contributed by atoms with van der Waals surface area (Å²) in [5, 5.41) is 22.6. The molecule has 1 fully saturated rings. The summed E-state index contributed by atoms with van der Waals surface area (Å²) in [6.07, 6.45) is 4.72. The third-order valence-electron chi connectivity index (χ3n) is 6.63. The first-order valence-corrected chi connectivity index (χ1v) is 16.7. The Kier molecular flexibility index (Phi) is 11.5. The number of nitrogens with zero attached hydrogens (tertiary/aromatic N) is 2. The van der Waals surface area contributed by atoms with Crippen LogP contribution < -0.4 is 15.6 Å². The molecule has 3 atom stereocenters. The van der Waals surface area contributed by atoms with Crippen molar-refractivity contribution in [3.8, 4) is 0 Å². The van der Waals surface area contributed by atoms with Crippen LogP contribution in [-0.4, -0.2) is 74.1 Å². The second-order valence-corrected chi connectivity index (χ2v) is 13.6. The maximum Gasteiger partial charge on any atom is 0.352 e. The Balaban J connectivity index is 1.34. The van der Waals surface area contributed by atoms with Gasteiger partial charge in [0.2, 0.25) is 5.91 Å². The highest BCUT2D eigenvalue weighted by Crippen LogP contribution is 2.41. The number of carbonyl (C=O) groups excluding carboxylic acids is 2. The number of amides is 2. The minimum Gasteiger partial charge on any atom is -0.481 e. The summed E-state index contributed by atoms with van der Waals surface area (Å²) >= 11 is 16.2. The van der Waals surface area contributed by atoms with Crippen LogP contribution in [0.15, 0.2) is 63.8 Å². The molecule has 1 aromatic heterocycles. The monoisotopic (exact) mass is 671 g/mol. The number of rotatable bonds is 14. The second kappa shape index (κ2) is 14.8. The lowest BCUT2D eigenvalue weighted by Crippen LogP contribution is -2.70. The molecule has 4 rings (SSSR count). The summed E-state index contributed by atoms with van der Waals surface area (Å²) in [5.74, 6) is -2.64. The predicted molar refractivity (Wildman–Crippen MR) is 164 cm³/mol. The number of aliphatic carboxylic acids is 2. The van der Waals surface area contributed by atoms with E-state index >= 15 is 0 Å². The molecular formula is C27H29Cl2N4O6S3+. The molecule has 1 saturated heterocycles. The van der Waals surface area contributed by atoms with Crippen molar-refractivity contribution in [3.63, 3.8) is 0 Å². The normalized spacial score (nSPS) is 18.7. The Morgan fingerprint density at radius 2 is 1.90 bits per heavy atom. The first-order valence-electron chi connectivity index (χ1n) is 12.9. The fourth-order valence-electron chi connectivity index (χ4n) is 4.48. The molecular weight excluding hydrogens is 643 g/mol. The van der Waals surface area contributed by atoms with Gasteiger partial charge in [-0.1, -0.05) is 23.2 Å². The lowest BCUT2D eigenvalue weighted by atomic mass is 10.0. The van der Waals surface area contributed by atoms with E-state index in [0.717, 1.165) is 4.90 Å². The fourth-order valence-corrected chi connectivity index (χ4v) is 8.16. The van der Waals surface area contributed by atoms with E-state index in [0.29, 0.717) is 58.0 Å². The van der Waals surface area contributed by atoms with Crippen molar-refractivity contribution in [1.29, 1.82) is 0 Å². The third-order valence-corrected chi connectivity index (χ3v) is 10.8. The standard InChI is InChI=1S/C27H28Cl2N4O6S3/c28-17-3-4-19(29)20(10-17)41-14-21(34)31-22-24(35)33-23(27(38)39)16(13-42-25(22)33)12-40-18-5-8-32(9-6-18)11-15(26(36)37)2-1-7-30/h3-6,8-10,15,22,25H,1-2,7,11-14,30H2,(H2-,31,34,36,37,38,39)/p+1/t15-,22-,25+/m0/s1. The van der Waals surface area contributed by atoms with E-state index < -0.39 is 35.2 Å². The second-order valence-electron chi connectivity index (χ2n) is 9.56. The Hall–Kier alpha value is -2.42. The highest BCUT2D eigenvalue weighted by molar-refractivity contribution is 8.01. The van der Waals surface area contributed by atoms with Gasteiger partial charge in [-0.3, -0.25) is 19.3 Å². The van der Waals surface area contributed by atoms with Crippen molar-refractivity contribution in [2.75, 3.05) is 23.8 Å². The number of carbonyl (C=O) groups is 4. The SMILES string of the molecule is NCCC[C@@H](C[n+]1ccc(SCC2=C(C(=O)O)N3C(=O)[C@H](NC(=O)CSc4cc(Cl)ccc4Cl)[C@H]3SC2)cc1)C(=O)O. The highest BCUT2D eigenvalue weighted by Gasteiger charge is 2.54.